The second-order valence-electron chi connectivity index (χ2n) is 4.43. The summed E-state index contributed by atoms with van der Waals surface area (Å²) < 4.78 is 31.5. The molecule has 1 saturated carbocycles. The lowest BCUT2D eigenvalue weighted by molar-refractivity contribution is -0.144. The number of likely N-dealkylation sites (tertiary alicyclic amines) is 1. The zero-order chi connectivity index (χ0) is 13.5. The molecule has 0 radical (unpaired) electrons. The van der Waals surface area contributed by atoms with Crippen molar-refractivity contribution >= 4 is 12.1 Å². The number of hydrogen-bond acceptors (Lipinski definition) is 3. The van der Waals surface area contributed by atoms with E-state index in [1.165, 1.54) is 6.08 Å². The SMILES string of the molecule is C=CCOC(=O)N1[C@H](C(=O)O)CC[C@H]2[C@@H]1C2(F)F. The van der Waals surface area contributed by atoms with Gasteiger partial charge in [0, 0.05) is 0 Å². The zero-order valence-corrected chi connectivity index (χ0v) is 9.51. The van der Waals surface area contributed by atoms with Gasteiger partial charge < -0.3 is 9.84 Å². The fourth-order valence-electron chi connectivity index (χ4n) is 2.46. The molecule has 2 rings (SSSR count). The van der Waals surface area contributed by atoms with Crippen LogP contribution in [-0.4, -0.2) is 46.7 Å². The van der Waals surface area contributed by atoms with Gasteiger partial charge in [-0.25, -0.2) is 18.4 Å². The Bertz CT molecular complexity index is 399. The third kappa shape index (κ3) is 1.83. The maximum Gasteiger partial charge on any atom is 0.411 e. The predicted octanol–water partition coefficient (Wildman–Crippen LogP) is 1.49. The molecule has 1 aliphatic heterocycles. The van der Waals surface area contributed by atoms with Crippen LogP contribution < -0.4 is 0 Å². The Morgan fingerprint density at radius 3 is 2.72 bits per heavy atom. The molecule has 1 aliphatic carbocycles. The highest BCUT2D eigenvalue weighted by atomic mass is 19.3. The van der Waals surface area contributed by atoms with Crippen LogP contribution in [0.5, 0.6) is 0 Å². The van der Waals surface area contributed by atoms with E-state index < -0.39 is 36.0 Å². The number of carbonyl (C=O) groups excluding carboxylic acids is 1. The average Bonchev–Trinajstić information content (AvgIpc) is 2.88. The number of carboxylic acids is 1. The van der Waals surface area contributed by atoms with Gasteiger partial charge in [-0.2, -0.15) is 0 Å². The summed E-state index contributed by atoms with van der Waals surface area (Å²) >= 11 is 0. The molecule has 1 N–H and O–H groups in total. The van der Waals surface area contributed by atoms with Crippen molar-refractivity contribution in [2.45, 2.75) is 30.8 Å². The number of halogens is 2. The van der Waals surface area contributed by atoms with Crippen LogP contribution in [0.15, 0.2) is 12.7 Å². The highest BCUT2D eigenvalue weighted by Gasteiger charge is 2.74. The Morgan fingerprint density at radius 2 is 2.17 bits per heavy atom. The number of rotatable bonds is 3. The van der Waals surface area contributed by atoms with E-state index in [2.05, 4.69) is 11.3 Å². The van der Waals surface area contributed by atoms with Crippen molar-refractivity contribution in [1.82, 2.24) is 4.90 Å². The number of amides is 1. The van der Waals surface area contributed by atoms with E-state index in [1.807, 2.05) is 0 Å². The largest absolute Gasteiger partial charge is 0.480 e. The van der Waals surface area contributed by atoms with Crippen LogP contribution in [0, 0.1) is 5.92 Å². The van der Waals surface area contributed by atoms with Gasteiger partial charge in [0.1, 0.15) is 18.7 Å². The van der Waals surface area contributed by atoms with Crippen LogP contribution >= 0.6 is 0 Å². The van der Waals surface area contributed by atoms with E-state index in [1.54, 1.807) is 0 Å². The summed E-state index contributed by atoms with van der Waals surface area (Å²) in [5.74, 6) is -5.23. The molecule has 5 nitrogen and oxygen atoms in total. The lowest BCUT2D eigenvalue weighted by atomic mass is 10.0. The molecule has 7 heteroatoms. The van der Waals surface area contributed by atoms with Crippen molar-refractivity contribution in [1.29, 1.82) is 0 Å². The number of ether oxygens (including phenoxy) is 1. The third-order valence-electron chi connectivity index (χ3n) is 3.37. The van der Waals surface area contributed by atoms with Crippen LogP contribution in [0.3, 0.4) is 0 Å². The molecule has 100 valence electrons. The summed E-state index contributed by atoms with van der Waals surface area (Å²) in [6.45, 7) is 3.20. The Kier molecular flexibility index (Phi) is 3.00. The molecule has 0 spiro atoms. The molecule has 1 amide bonds. The normalized spacial score (nSPS) is 32.3. The number of piperidine rings is 1. The van der Waals surface area contributed by atoms with Gasteiger partial charge in [0.15, 0.2) is 0 Å². The lowest BCUT2D eigenvalue weighted by Gasteiger charge is -2.30. The third-order valence-corrected chi connectivity index (χ3v) is 3.37. The molecule has 1 heterocycles. The van der Waals surface area contributed by atoms with Gasteiger partial charge in [0.05, 0.1) is 5.92 Å². The van der Waals surface area contributed by atoms with Crippen molar-refractivity contribution < 1.29 is 28.2 Å². The van der Waals surface area contributed by atoms with Gasteiger partial charge in [0.2, 0.25) is 0 Å². The fraction of sp³-hybridized carbons (Fsp3) is 0.636. The fourth-order valence-corrected chi connectivity index (χ4v) is 2.46. The van der Waals surface area contributed by atoms with Crippen molar-refractivity contribution in [2.75, 3.05) is 6.61 Å². The molecule has 0 aromatic rings. The Labute approximate surface area is 102 Å². The van der Waals surface area contributed by atoms with E-state index in [0.29, 0.717) is 4.90 Å². The first-order valence-corrected chi connectivity index (χ1v) is 5.57. The highest BCUT2D eigenvalue weighted by Crippen LogP contribution is 2.58. The molecule has 3 atom stereocenters. The number of hydrogen-bond donors (Lipinski definition) is 1. The van der Waals surface area contributed by atoms with Crippen LogP contribution in [-0.2, 0) is 9.53 Å². The minimum Gasteiger partial charge on any atom is -0.480 e. The smallest absolute Gasteiger partial charge is 0.411 e. The molecular weight excluding hydrogens is 248 g/mol. The molecule has 0 bridgehead atoms. The van der Waals surface area contributed by atoms with Crippen LogP contribution in [0.1, 0.15) is 12.8 Å². The van der Waals surface area contributed by atoms with Gasteiger partial charge in [-0.05, 0) is 12.8 Å². The van der Waals surface area contributed by atoms with Crippen LogP contribution in [0.4, 0.5) is 13.6 Å². The first kappa shape index (κ1) is 12.8. The summed E-state index contributed by atoms with van der Waals surface area (Å²) in [6.07, 6.45) is 0.407. The molecule has 2 fully saturated rings. The van der Waals surface area contributed by atoms with E-state index in [0.717, 1.165) is 0 Å². The standard InChI is InChI=1S/C11H13F2NO4/c1-2-5-18-10(17)14-7(9(15)16)4-3-6-8(14)11(6,12)13/h2,6-8H,1,3-5H2,(H,15,16)/t6-,7-,8+/m0/s1. The topological polar surface area (TPSA) is 66.8 Å². The molecular formula is C11H13F2NO4. The summed E-state index contributed by atoms with van der Waals surface area (Å²) in [7, 11) is 0. The van der Waals surface area contributed by atoms with E-state index in [9.17, 15) is 18.4 Å². The Hall–Kier alpha value is -1.66. The maximum atomic E-state index is 13.4. The molecule has 1 saturated heterocycles. The number of aliphatic carboxylic acids is 1. The molecule has 0 unspecified atom stereocenters. The Morgan fingerprint density at radius 1 is 1.50 bits per heavy atom. The molecule has 0 aromatic carbocycles. The average molecular weight is 261 g/mol. The number of fused-ring (bicyclic) bond motifs is 1. The van der Waals surface area contributed by atoms with Crippen molar-refractivity contribution in [3.63, 3.8) is 0 Å². The quantitative estimate of drug-likeness (QED) is 0.782. The van der Waals surface area contributed by atoms with Crippen molar-refractivity contribution in [3.8, 4) is 0 Å². The van der Waals surface area contributed by atoms with Crippen LogP contribution in [0.25, 0.3) is 0 Å². The van der Waals surface area contributed by atoms with E-state index >= 15 is 0 Å². The summed E-state index contributed by atoms with van der Waals surface area (Å²) in [4.78, 5) is 23.3. The van der Waals surface area contributed by atoms with Gasteiger partial charge in [0.25, 0.3) is 5.92 Å². The molecule has 0 aromatic heterocycles. The summed E-state index contributed by atoms with van der Waals surface area (Å²) in [5.41, 5.74) is 0. The summed E-state index contributed by atoms with van der Waals surface area (Å²) in [6, 6.07) is -2.58. The first-order valence-electron chi connectivity index (χ1n) is 5.57. The monoisotopic (exact) mass is 261 g/mol. The highest BCUT2D eigenvalue weighted by molar-refractivity contribution is 5.81. The number of carbonyl (C=O) groups is 2. The minimum absolute atomic E-state index is 0.0231. The van der Waals surface area contributed by atoms with Gasteiger partial charge >= 0.3 is 12.1 Å². The van der Waals surface area contributed by atoms with Crippen molar-refractivity contribution in [3.05, 3.63) is 12.7 Å². The first-order chi connectivity index (χ1) is 8.41. The Balaban J connectivity index is 2.17. The molecule has 2 aliphatic rings. The van der Waals surface area contributed by atoms with E-state index in [4.69, 9.17) is 5.11 Å². The van der Waals surface area contributed by atoms with Crippen molar-refractivity contribution in [2.24, 2.45) is 5.92 Å². The van der Waals surface area contributed by atoms with E-state index in [-0.39, 0.29) is 19.4 Å². The number of carboxylic acid groups (broad SMARTS) is 1. The maximum absolute atomic E-state index is 13.4. The predicted molar refractivity (Wildman–Crippen MR) is 56.3 cm³/mol. The number of nitrogens with zero attached hydrogens (tertiary/aromatic N) is 1. The number of alkyl halides is 2. The minimum atomic E-state index is -3.00. The van der Waals surface area contributed by atoms with Gasteiger partial charge in [-0.15, -0.1) is 0 Å². The van der Waals surface area contributed by atoms with Gasteiger partial charge in [-0.3, -0.25) is 4.90 Å². The summed E-state index contributed by atoms with van der Waals surface area (Å²) in [5, 5.41) is 8.97. The second kappa shape index (κ2) is 4.22. The van der Waals surface area contributed by atoms with Gasteiger partial charge in [-0.1, -0.05) is 12.7 Å². The van der Waals surface area contributed by atoms with Crippen LogP contribution in [0.2, 0.25) is 0 Å². The zero-order valence-electron chi connectivity index (χ0n) is 9.51. The second-order valence-corrected chi connectivity index (χ2v) is 4.43. The lowest BCUT2D eigenvalue weighted by Crippen LogP contribution is -2.50. The molecule has 18 heavy (non-hydrogen) atoms.